The first-order chi connectivity index (χ1) is 9.09. The number of aliphatic carboxylic acids is 1. The molecule has 1 N–H and O–H groups in total. The summed E-state index contributed by atoms with van der Waals surface area (Å²) in [7, 11) is 0. The largest absolute Gasteiger partial charge is 0.481 e. The molecule has 0 fully saturated rings. The van der Waals surface area contributed by atoms with Gasteiger partial charge in [-0.3, -0.25) is 9.78 Å². The SMILES string of the molecule is CC(C(=O)O)C(C)n1nnnc1Cc1cccnc1. The van der Waals surface area contributed by atoms with Gasteiger partial charge in [-0.15, -0.1) is 5.10 Å². The van der Waals surface area contributed by atoms with Crippen molar-refractivity contribution in [3.63, 3.8) is 0 Å². The lowest BCUT2D eigenvalue weighted by molar-refractivity contribution is -0.142. The molecule has 7 nitrogen and oxygen atoms in total. The minimum absolute atomic E-state index is 0.306. The number of tetrazole rings is 1. The van der Waals surface area contributed by atoms with E-state index >= 15 is 0 Å². The zero-order valence-electron chi connectivity index (χ0n) is 10.8. The number of nitrogens with zero attached hydrogens (tertiary/aromatic N) is 5. The van der Waals surface area contributed by atoms with Gasteiger partial charge in [-0.05, 0) is 35.9 Å². The molecule has 0 aliphatic heterocycles. The molecule has 0 aromatic carbocycles. The van der Waals surface area contributed by atoms with Crippen LogP contribution in [0.15, 0.2) is 24.5 Å². The summed E-state index contributed by atoms with van der Waals surface area (Å²) in [5.41, 5.74) is 0.980. The molecule has 2 rings (SSSR count). The van der Waals surface area contributed by atoms with Crippen molar-refractivity contribution in [1.29, 1.82) is 0 Å². The van der Waals surface area contributed by atoms with Crippen molar-refractivity contribution in [2.24, 2.45) is 5.92 Å². The van der Waals surface area contributed by atoms with Gasteiger partial charge in [0.05, 0.1) is 12.0 Å². The van der Waals surface area contributed by atoms with E-state index < -0.39 is 11.9 Å². The van der Waals surface area contributed by atoms with Gasteiger partial charge in [0, 0.05) is 18.8 Å². The highest BCUT2D eigenvalue weighted by atomic mass is 16.4. The number of hydrogen-bond donors (Lipinski definition) is 1. The van der Waals surface area contributed by atoms with Crippen LogP contribution in [0.3, 0.4) is 0 Å². The lowest BCUT2D eigenvalue weighted by Crippen LogP contribution is -2.24. The molecule has 0 aliphatic rings. The fourth-order valence-electron chi connectivity index (χ4n) is 1.75. The Hall–Kier alpha value is -2.31. The first-order valence-corrected chi connectivity index (χ1v) is 5.98. The molecule has 0 amide bonds. The molecular weight excluding hydrogens is 246 g/mol. The van der Waals surface area contributed by atoms with Crippen LogP contribution in [0.1, 0.15) is 31.3 Å². The monoisotopic (exact) mass is 261 g/mol. The predicted octanol–water partition coefficient (Wildman–Crippen LogP) is 0.941. The summed E-state index contributed by atoms with van der Waals surface area (Å²) in [5, 5.41) is 20.5. The Morgan fingerprint density at radius 2 is 2.26 bits per heavy atom. The molecule has 0 saturated carbocycles. The maximum atomic E-state index is 11.0. The van der Waals surface area contributed by atoms with E-state index in [0.29, 0.717) is 12.2 Å². The van der Waals surface area contributed by atoms with Gasteiger partial charge in [-0.2, -0.15) is 0 Å². The third-order valence-electron chi connectivity index (χ3n) is 3.14. The lowest BCUT2D eigenvalue weighted by Gasteiger charge is -2.17. The maximum absolute atomic E-state index is 11.0. The van der Waals surface area contributed by atoms with Crippen molar-refractivity contribution in [2.45, 2.75) is 26.3 Å². The number of carboxylic acid groups (broad SMARTS) is 1. The van der Waals surface area contributed by atoms with Crippen LogP contribution in [-0.4, -0.2) is 36.3 Å². The van der Waals surface area contributed by atoms with E-state index in [2.05, 4.69) is 20.5 Å². The van der Waals surface area contributed by atoms with Crippen LogP contribution in [0.2, 0.25) is 0 Å². The average molecular weight is 261 g/mol. The van der Waals surface area contributed by atoms with Crippen LogP contribution in [0.4, 0.5) is 0 Å². The summed E-state index contributed by atoms with van der Waals surface area (Å²) in [6.07, 6.45) is 3.96. The first-order valence-electron chi connectivity index (χ1n) is 5.98. The second kappa shape index (κ2) is 5.55. The van der Waals surface area contributed by atoms with E-state index in [1.165, 1.54) is 0 Å². The normalized spacial score (nSPS) is 14.0. The summed E-state index contributed by atoms with van der Waals surface area (Å²) in [6, 6.07) is 3.46. The van der Waals surface area contributed by atoms with Gasteiger partial charge in [0.2, 0.25) is 0 Å². The molecule has 100 valence electrons. The van der Waals surface area contributed by atoms with Gasteiger partial charge in [0.1, 0.15) is 0 Å². The molecule has 0 saturated heterocycles. The molecule has 0 radical (unpaired) electrons. The standard InChI is InChI=1S/C12H15N5O2/c1-8(12(18)19)9(2)17-11(14-15-16-17)6-10-4-3-5-13-7-10/h3-5,7-9H,6H2,1-2H3,(H,18,19). The average Bonchev–Trinajstić information content (AvgIpc) is 2.86. The van der Waals surface area contributed by atoms with Crippen molar-refractivity contribution in [3.8, 4) is 0 Å². The Morgan fingerprint density at radius 3 is 2.89 bits per heavy atom. The lowest BCUT2D eigenvalue weighted by atomic mass is 10.0. The highest BCUT2D eigenvalue weighted by molar-refractivity contribution is 5.70. The van der Waals surface area contributed by atoms with E-state index in [1.807, 2.05) is 12.1 Å². The number of rotatable bonds is 5. The molecule has 2 aromatic rings. The van der Waals surface area contributed by atoms with Crippen LogP contribution in [0.25, 0.3) is 0 Å². The van der Waals surface area contributed by atoms with Crippen molar-refractivity contribution in [3.05, 3.63) is 35.9 Å². The summed E-state index contributed by atoms with van der Waals surface area (Å²) in [6.45, 7) is 3.43. The van der Waals surface area contributed by atoms with Crippen LogP contribution < -0.4 is 0 Å². The van der Waals surface area contributed by atoms with Crippen LogP contribution in [-0.2, 0) is 11.2 Å². The number of hydrogen-bond acceptors (Lipinski definition) is 5. The Labute approximate surface area is 110 Å². The van der Waals surface area contributed by atoms with E-state index in [0.717, 1.165) is 5.56 Å². The van der Waals surface area contributed by atoms with Crippen molar-refractivity contribution in [1.82, 2.24) is 25.2 Å². The molecule has 2 aromatic heterocycles. The Balaban J connectivity index is 2.20. The first kappa shape index (κ1) is 13.1. The third kappa shape index (κ3) is 2.93. The number of aromatic nitrogens is 5. The van der Waals surface area contributed by atoms with E-state index in [1.54, 1.807) is 30.9 Å². The van der Waals surface area contributed by atoms with Gasteiger partial charge >= 0.3 is 5.97 Å². The number of pyridine rings is 1. The van der Waals surface area contributed by atoms with Crippen molar-refractivity contribution in [2.75, 3.05) is 0 Å². The molecule has 0 spiro atoms. The van der Waals surface area contributed by atoms with E-state index in [-0.39, 0.29) is 6.04 Å². The highest BCUT2D eigenvalue weighted by Crippen LogP contribution is 2.18. The molecule has 19 heavy (non-hydrogen) atoms. The van der Waals surface area contributed by atoms with Crippen LogP contribution in [0, 0.1) is 5.92 Å². The number of carbonyl (C=O) groups is 1. The minimum atomic E-state index is -0.865. The Kier molecular flexibility index (Phi) is 3.84. The van der Waals surface area contributed by atoms with Gasteiger partial charge in [0.25, 0.3) is 0 Å². The summed E-state index contributed by atoms with van der Waals surface area (Å²) in [5.74, 6) is -0.792. The molecule has 2 heterocycles. The molecule has 2 atom stereocenters. The summed E-state index contributed by atoms with van der Waals surface area (Å²) >= 11 is 0. The summed E-state index contributed by atoms with van der Waals surface area (Å²) < 4.78 is 1.56. The molecular formula is C12H15N5O2. The third-order valence-corrected chi connectivity index (χ3v) is 3.14. The second-order valence-corrected chi connectivity index (χ2v) is 4.45. The van der Waals surface area contributed by atoms with Gasteiger partial charge in [-0.25, -0.2) is 4.68 Å². The molecule has 2 unspecified atom stereocenters. The predicted molar refractivity (Wildman–Crippen MR) is 66.4 cm³/mol. The van der Waals surface area contributed by atoms with Gasteiger partial charge < -0.3 is 5.11 Å². The molecule has 0 aliphatic carbocycles. The second-order valence-electron chi connectivity index (χ2n) is 4.45. The Morgan fingerprint density at radius 1 is 1.47 bits per heavy atom. The molecule has 0 bridgehead atoms. The summed E-state index contributed by atoms with van der Waals surface area (Å²) in [4.78, 5) is 15.0. The highest BCUT2D eigenvalue weighted by Gasteiger charge is 2.24. The fraction of sp³-hybridized carbons (Fsp3) is 0.417. The van der Waals surface area contributed by atoms with Crippen LogP contribution >= 0.6 is 0 Å². The van der Waals surface area contributed by atoms with Crippen molar-refractivity contribution >= 4 is 5.97 Å². The number of carboxylic acids is 1. The quantitative estimate of drug-likeness (QED) is 0.860. The van der Waals surface area contributed by atoms with Gasteiger partial charge in [-0.1, -0.05) is 6.07 Å². The smallest absolute Gasteiger partial charge is 0.308 e. The van der Waals surface area contributed by atoms with Gasteiger partial charge in [0.15, 0.2) is 5.82 Å². The van der Waals surface area contributed by atoms with Crippen LogP contribution in [0.5, 0.6) is 0 Å². The zero-order valence-corrected chi connectivity index (χ0v) is 10.8. The van der Waals surface area contributed by atoms with E-state index in [4.69, 9.17) is 5.11 Å². The topological polar surface area (TPSA) is 93.8 Å². The maximum Gasteiger partial charge on any atom is 0.308 e. The molecule has 7 heteroatoms. The van der Waals surface area contributed by atoms with E-state index in [9.17, 15) is 4.79 Å². The minimum Gasteiger partial charge on any atom is -0.481 e. The fourth-order valence-corrected chi connectivity index (χ4v) is 1.75. The Bertz CT molecular complexity index is 554. The van der Waals surface area contributed by atoms with Crippen molar-refractivity contribution < 1.29 is 9.90 Å². The zero-order chi connectivity index (χ0) is 13.8.